The topological polar surface area (TPSA) is 47.2 Å². The number of imidazole rings is 1. The van der Waals surface area contributed by atoms with E-state index in [-0.39, 0.29) is 11.5 Å². The minimum atomic E-state index is 0.0142. The Morgan fingerprint density at radius 3 is 2.77 bits per heavy atom. The molecular formula is C25H30ClN3O2. The SMILES string of the molecule is CN(CCCCC(=O)c1cc2c3c(c1)n(C)c(=O)n3CCC2)CCc1ccccc1Cl. The van der Waals surface area contributed by atoms with E-state index in [4.69, 9.17) is 11.6 Å². The van der Waals surface area contributed by atoms with Gasteiger partial charge in [0.25, 0.3) is 0 Å². The molecule has 0 radical (unpaired) electrons. The predicted molar refractivity (Wildman–Crippen MR) is 126 cm³/mol. The van der Waals surface area contributed by atoms with E-state index in [1.54, 1.807) is 11.6 Å². The molecule has 1 aromatic heterocycles. The molecule has 0 saturated carbocycles. The van der Waals surface area contributed by atoms with Crippen molar-refractivity contribution in [3.8, 4) is 0 Å². The van der Waals surface area contributed by atoms with E-state index in [0.717, 1.165) is 78.9 Å². The molecule has 3 aromatic rings. The average Bonchev–Trinajstić information content (AvgIpc) is 3.02. The Balaban J connectivity index is 1.30. The quantitative estimate of drug-likeness (QED) is 0.365. The van der Waals surface area contributed by atoms with Gasteiger partial charge in [-0.15, -0.1) is 0 Å². The van der Waals surface area contributed by atoms with Gasteiger partial charge in [0.05, 0.1) is 11.0 Å². The van der Waals surface area contributed by atoms with E-state index in [2.05, 4.69) is 18.0 Å². The number of likely N-dealkylation sites (N-methyl/N-ethyl adjacent to an activating group) is 1. The first-order valence-electron chi connectivity index (χ1n) is 11.1. The lowest BCUT2D eigenvalue weighted by atomic mass is 9.97. The smallest absolute Gasteiger partial charge is 0.306 e. The summed E-state index contributed by atoms with van der Waals surface area (Å²) in [6.07, 6.45) is 5.19. The number of nitrogens with zero attached hydrogens (tertiary/aromatic N) is 3. The molecule has 0 amide bonds. The van der Waals surface area contributed by atoms with Gasteiger partial charge in [0, 0.05) is 37.1 Å². The van der Waals surface area contributed by atoms with Crippen molar-refractivity contribution >= 4 is 28.4 Å². The molecule has 0 aliphatic carbocycles. The van der Waals surface area contributed by atoms with Crippen molar-refractivity contribution < 1.29 is 4.79 Å². The second-order valence-corrected chi connectivity index (χ2v) is 9.03. The summed E-state index contributed by atoms with van der Waals surface area (Å²) in [5, 5.41) is 0.824. The lowest BCUT2D eigenvalue weighted by molar-refractivity contribution is 0.0978. The Hall–Kier alpha value is -2.37. The van der Waals surface area contributed by atoms with Crippen LogP contribution >= 0.6 is 11.6 Å². The van der Waals surface area contributed by atoms with Crippen LogP contribution in [-0.4, -0.2) is 40.0 Å². The summed E-state index contributed by atoms with van der Waals surface area (Å²) in [6, 6.07) is 11.9. The standard InChI is InChI=1S/C25H30ClN3O2/c1-27(15-12-18-8-3-4-10-21(18)26)13-6-5-11-23(30)20-16-19-9-7-14-29-24(19)22(17-20)28(2)25(29)31/h3-4,8,10,16-17H,5-7,9,11-15H2,1-2H3. The van der Waals surface area contributed by atoms with E-state index >= 15 is 0 Å². The van der Waals surface area contributed by atoms with Gasteiger partial charge < -0.3 is 4.90 Å². The zero-order chi connectivity index (χ0) is 22.0. The highest BCUT2D eigenvalue weighted by molar-refractivity contribution is 6.31. The molecule has 1 aliphatic rings. The van der Waals surface area contributed by atoms with Crippen LogP contribution < -0.4 is 5.69 Å². The van der Waals surface area contributed by atoms with E-state index in [1.807, 2.05) is 34.9 Å². The zero-order valence-corrected chi connectivity index (χ0v) is 19.1. The molecule has 6 heteroatoms. The van der Waals surface area contributed by atoms with E-state index in [1.165, 1.54) is 5.56 Å². The van der Waals surface area contributed by atoms with Crippen LogP contribution in [-0.2, 0) is 26.4 Å². The molecule has 0 saturated heterocycles. The van der Waals surface area contributed by atoms with Crippen LogP contribution in [0, 0.1) is 0 Å². The first-order chi connectivity index (χ1) is 15.0. The molecule has 2 heterocycles. The average molecular weight is 440 g/mol. The summed E-state index contributed by atoms with van der Waals surface area (Å²) in [5.41, 5.74) is 4.95. The Kier molecular flexibility index (Phi) is 6.63. The van der Waals surface area contributed by atoms with Crippen LogP contribution in [0.1, 0.15) is 47.2 Å². The minimum Gasteiger partial charge on any atom is -0.306 e. The first kappa shape index (κ1) is 21.8. The Bertz CT molecular complexity index is 1160. The van der Waals surface area contributed by atoms with Crippen LogP contribution in [0.3, 0.4) is 0 Å². The number of halogens is 1. The molecule has 5 nitrogen and oxygen atoms in total. The molecule has 31 heavy (non-hydrogen) atoms. The lowest BCUT2D eigenvalue weighted by Crippen LogP contribution is -2.24. The maximum atomic E-state index is 12.8. The highest BCUT2D eigenvalue weighted by atomic mass is 35.5. The number of unbranched alkanes of at least 4 members (excludes halogenated alkanes) is 1. The molecular weight excluding hydrogens is 410 g/mol. The number of hydrogen-bond donors (Lipinski definition) is 0. The third kappa shape index (κ3) is 4.63. The monoisotopic (exact) mass is 439 g/mol. The van der Waals surface area contributed by atoms with Crippen LogP contribution in [0.15, 0.2) is 41.2 Å². The Labute approximate surface area is 188 Å². The highest BCUT2D eigenvalue weighted by Crippen LogP contribution is 2.26. The van der Waals surface area contributed by atoms with E-state index in [0.29, 0.717) is 6.42 Å². The highest BCUT2D eigenvalue weighted by Gasteiger charge is 2.20. The minimum absolute atomic E-state index is 0.0142. The third-order valence-electron chi connectivity index (χ3n) is 6.38. The van der Waals surface area contributed by atoms with Gasteiger partial charge in [-0.3, -0.25) is 13.9 Å². The molecule has 0 atom stereocenters. The van der Waals surface area contributed by atoms with Crippen molar-refractivity contribution in [1.82, 2.24) is 14.0 Å². The molecule has 2 aromatic carbocycles. The maximum Gasteiger partial charge on any atom is 0.328 e. The molecule has 0 N–H and O–H groups in total. The van der Waals surface area contributed by atoms with Crippen molar-refractivity contribution in [2.75, 3.05) is 20.1 Å². The van der Waals surface area contributed by atoms with E-state index < -0.39 is 0 Å². The van der Waals surface area contributed by atoms with Crippen molar-refractivity contribution in [3.63, 3.8) is 0 Å². The largest absolute Gasteiger partial charge is 0.328 e. The van der Waals surface area contributed by atoms with Gasteiger partial charge >= 0.3 is 5.69 Å². The molecule has 0 fully saturated rings. The van der Waals surface area contributed by atoms with E-state index in [9.17, 15) is 9.59 Å². The summed E-state index contributed by atoms with van der Waals surface area (Å²) in [5.74, 6) is 0.169. The Morgan fingerprint density at radius 2 is 1.97 bits per heavy atom. The van der Waals surface area contributed by atoms with Gasteiger partial charge in [-0.05, 0) is 75.0 Å². The number of aryl methyl sites for hydroxylation is 3. The number of carbonyl (C=O) groups is 1. The van der Waals surface area contributed by atoms with Crippen LogP contribution in [0.4, 0.5) is 0 Å². The van der Waals surface area contributed by atoms with Gasteiger partial charge in [-0.1, -0.05) is 29.8 Å². The number of aromatic nitrogens is 2. The summed E-state index contributed by atoms with van der Waals surface area (Å²) in [7, 11) is 3.91. The molecule has 164 valence electrons. The molecule has 4 rings (SSSR count). The fraction of sp³-hybridized carbons (Fsp3) is 0.440. The fourth-order valence-corrected chi connectivity index (χ4v) is 4.78. The zero-order valence-electron chi connectivity index (χ0n) is 18.4. The second-order valence-electron chi connectivity index (χ2n) is 8.62. The number of carbonyl (C=O) groups excluding carboxylic acids is 1. The number of rotatable bonds is 9. The number of Topliss-reactive ketones (excluding diaryl/α,β-unsaturated/α-hetero) is 1. The van der Waals surface area contributed by atoms with Crippen molar-refractivity contribution in [1.29, 1.82) is 0 Å². The molecule has 0 bridgehead atoms. The maximum absolute atomic E-state index is 12.8. The fourth-order valence-electron chi connectivity index (χ4n) is 4.55. The van der Waals surface area contributed by atoms with Gasteiger partial charge in [0.15, 0.2) is 5.78 Å². The summed E-state index contributed by atoms with van der Waals surface area (Å²) in [6.45, 7) is 2.67. The van der Waals surface area contributed by atoms with Crippen molar-refractivity contribution in [2.24, 2.45) is 7.05 Å². The Morgan fingerprint density at radius 1 is 1.16 bits per heavy atom. The van der Waals surface area contributed by atoms with Crippen molar-refractivity contribution in [3.05, 3.63) is 68.6 Å². The summed E-state index contributed by atoms with van der Waals surface area (Å²) < 4.78 is 3.52. The summed E-state index contributed by atoms with van der Waals surface area (Å²) >= 11 is 6.23. The molecule has 1 aliphatic heterocycles. The first-order valence-corrected chi connectivity index (χ1v) is 11.5. The van der Waals surface area contributed by atoms with Crippen LogP contribution in [0.2, 0.25) is 5.02 Å². The van der Waals surface area contributed by atoms with Crippen molar-refractivity contribution in [2.45, 2.75) is 45.1 Å². The van der Waals surface area contributed by atoms with Gasteiger partial charge in [0.2, 0.25) is 0 Å². The second kappa shape index (κ2) is 9.41. The number of hydrogen-bond acceptors (Lipinski definition) is 3. The normalized spacial score (nSPS) is 13.3. The van der Waals surface area contributed by atoms with Gasteiger partial charge in [-0.25, -0.2) is 4.79 Å². The summed E-state index contributed by atoms with van der Waals surface area (Å²) in [4.78, 5) is 27.6. The van der Waals surface area contributed by atoms with Crippen LogP contribution in [0.25, 0.3) is 11.0 Å². The van der Waals surface area contributed by atoms with Crippen LogP contribution in [0.5, 0.6) is 0 Å². The molecule has 0 spiro atoms. The predicted octanol–water partition coefficient (Wildman–Crippen LogP) is 4.47. The third-order valence-corrected chi connectivity index (χ3v) is 6.75. The van der Waals surface area contributed by atoms with Gasteiger partial charge in [-0.2, -0.15) is 0 Å². The number of ketones is 1. The van der Waals surface area contributed by atoms with Gasteiger partial charge in [0.1, 0.15) is 0 Å². The number of benzene rings is 2. The lowest BCUT2D eigenvalue weighted by Gasteiger charge is -2.17. The molecule has 0 unspecified atom stereocenters.